The van der Waals surface area contributed by atoms with Crippen LogP contribution in [-0.2, 0) is 27.2 Å². The predicted molar refractivity (Wildman–Crippen MR) is 138 cm³/mol. The van der Waals surface area contributed by atoms with Crippen LogP contribution in [0.25, 0.3) is 0 Å². The molecule has 1 aliphatic rings. The van der Waals surface area contributed by atoms with Crippen LogP contribution < -0.4 is 4.74 Å². The maximum atomic E-state index is 13.5. The highest BCUT2D eigenvalue weighted by atomic mass is 35.5. The lowest BCUT2D eigenvalue weighted by atomic mass is 10.0. The molecule has 2 aromatic carbocycles. The van der Waals surface area contributed by atoms with Crippen LogP contribution in [0.4, 0.5) is 0 Å². The van der Waals surface area contributed by atoms with E-state index >= 15 is 0 Å². The lowest BCUT2D eigenvalue weighted by molar-refractivity contribution is -0.142. The van der Waals surface area contributed by atoms with E-state index in [1.807, 2.05) is 47.4 Å². The van der Waals surface area contributed by atoms with Gasteiger partial charge in [0.05, 0.1) is 25.6 Å². The molecule has 6 nitrogen and oxygen atoms in total. The minimum absolute atomic E-state index is 0.00590. The van der Waals surface area contributed by atoms with Gasteiger partial charge in [0.25, 0.3) is 0 Å². The minimum atomic E-state index is -0.221. The van der Waals surface area contributed by atoms with E-state index < -0.39 is 0 Å². The first kappa shape index (κ1) is 25.2. The molecule has 184 valence electrons. The van der Waals surface area contributed by atoms with Gasteiger partial charge in [0, 0.05) is 30.1 Å². The summed E-state index contributed by atoms with van der Waals surface area (Å²) in [7, 11) is 1.59. The van der Waals surface area contributed by atoms with Gasteiger partial charge in [-0.1, -0.05) is 41.9 Å². The van der Waals surface area contributed by atoms with Gasteiger partial charge >= 0.3 is 0 Å². The maximum absolute atomic E-state index is 13.5. The third kappa shape index (κ3) is 6.63. The molecule has 4 rings (SSSR count). The molecule has 2 heterocycles. The van der Waals surface area contributed by atoms with Gasteiger partial charge in [-0.3, -0.25) is 9.59 Å². The average Bonchev–Trinajstić information content (AvgIpc) is 3.35. The first-order chi connectivity index (χ1) is 17.0. The van der Waals surface area contributed by atoms with Crippen molar-refractivity contribution in [3.8, 4) is 5.75 Å². The van der Waals surface area contributed by atoms with Crippen LogP contribution in [0.2, 0.25) is 5.02 Å². The monoisotopic (exact) mass is 512 g/mol. The molecule has 8 heteroatoms. The smallest absolute Gasteiger partial charge is 0.242 e. The molecule has 3 aromatic rings. The Labute approximate surface area is 215 Å². The number of ether oxygens (including phenoxy) is 2. The van der Waals surface area contributed by atoms with Crippen LogP contribution >= 0.6 is 22.9 Å². The Kier molecular flexibility index (Phi) is 8.79. The third-order valence-electron chi connectivity index (χ3n) is 6.08. The van der Waals surface area contributed by atoms with E-state index in [4.69, 9.17) is 21.1 Å². The number of hydrogen-bond acceptors (Lipinski definition) is 5. The van der Waals surface area contributed by atoms with Crippen molar-refractivity contribution in [1.82, 2.24) is 9.80 Å². The quantitative estimate of drug-likeness (QED) is 0.397. The molecule has 0 spiro atoms. The molecule has 2 amide bonds. The average molecular weight is 513 g/mol. The predicted octanol–water partition coefficient (Wildman–Crippen LogP) is 4.62. The Hall–Kier alpha value is -2.87. The zero-order chi connectivity index (χ0) is 24.6. The van der Waals surface area contributed by atoms with Gasteiger partial charge in [-0.05, 0) is 53.3 Å². The molecular weight excluding hydrogens is 484 g/mol. The Bertz CT molecular complexity index is 1120. The molecule has 0 saturated heterocycles. The van der Waals surface area contributed by atoms with E-state index in [0.717, 1.165) is 17.5 Å². The Balaban J connectivity index is 1.48. The number of hydrogen-bond donors (Lipinski definition) is 0. The number of benzene rings is 2. The molecule has 0 radical (unpaired) electrons. The second-order valence-corrected chi connectivity index (χ2v) is 9.82. The molecule has 35 heavy (non-hydrogen) atoms. The van der Waals surface area contributed by atoms with Crippen molar-refractivity contribution >= 4 is 34.8 Å². The molecule has 1 atom stereocenters. The highest BCUT2D eigenvalue weighted by Gasteiger charge is 2.33. The number of nitrogens with zero attached hydrogens (tertiary/aromatic N) is 2. The third-order valence-corrected chi connectivity index (χ3v) is 7.33. The zero-order valence-electron chi connectivity index (χ0n) is 19.7. The summed E-state index contributed by atoms with van der Waals surface area (Å²) >= 11 is 7.70. The fraction of sp³-hybridized carbons (Fsp3) is 0.333. The highest BCUT2D eigenvalue weighted by Crippen LogP contribution is 2.34. The Morgan fingerprint density at radius 3 is 2.63 bits per heavy atom. The molecule has 0 saturated carbocycles. The maximum Gasteiger partial charge on any atom is 0.242 e. The van der Waals surface area contributed by atoms with E-state index in [-0.39, 0.29) is 30.8 Å². The second-order valence-electron chi connectivity index (χ2n) is 8.39. The molecular formula is C27H29ClN2O4S. The van der Waals surface area contributed by atoms with Crippen molar-refractivity contribution in [3.05, 3.63) is 87.1 Å². The number of thiophene rings is 1. The lowest BCUT2D eigenvalue weighted by Crippen LogP contribution is -2.48. The van der Waals surface area contributed by atoms with Crippen LogP contribution in [0.3, 0.4) is 0 Å². The van der Waals surface area contributed by atoms with Crippen molar-refractivity contribution in [1.29, 1.82) is 0 Å². The number of carbonyl (C=O) groups is 2. The standard InChI is InChI=1S/C27H29ClN2O4S/c1-33-15-14-29(26(31)17-20-5-3-2-4-6-20)18-27(32)30-13-11-25-23(12-16-35-25)24(30)19-34-22-9-7-21(28)8-10-22/h2-10,12,16,24H,11,13-15,17-19H2,1H3. The summed E-state index contributed by atoms with van der Waals surface area (Å²) in [4.78, 5) is 31.3. The number of methoxy groups -OCH3 is 1. The fourth-order valence-corrected chi connectivity index (χ4v) is 5.26. The van der Waals surface area contributed by atoms with Gasteiger partial charge in [0.2, 0.25) is 11.8 Å². The summed E-state index contributed by atoms with van der Waals surface area (Å²) < 4.78 is 11.3. The highest BCUT2D eigenvalue weighted by molar-refractivity contribution is 7.10. The molecule has 0 bridgehead atoms. The topological polar surface area (TPSA) is 59.1 Å². The normalized spacial score (nSPS) is 14.9. The van der Waals surface area contributed by atoms with E-state index in [0.29, 0.717) is 37.1 Å². The van der Waals surface area contributed by atoms with Gasteiger partial charge in [-0.15, -0.1) is 11.3 Å². The molecule has 0 fully saturated rings. The summed E-state index contributed by atoms with van der Waals surface area (Å²) in [6.45, 7) is 1.65. The van der Waals surface area contributed by atoms with Gasteiger partial charge in [0.1, 0.15) is 12.4 Å². The number of rotatable bonds is 10. The molecule has 0 aliphatic carbocycles. The summed E-state index contributed by atoms with van der Waals surface area (Å²) in [5, 5.41) is 2.70. The largest absolute Gasteiger partial charge is 0.491 e. The molecule has 1 unspecified atom stereocenters. The first-order valence-electron chi connectivity index (χ1n) is 11.6. The van der Waals surface area contributed by atoms with Gasteiger partial charge in [0.15, 0.2) is 0 Å². The summed E-state index contributed by atoms with van der Waals surface area (Å²) in [5.74, 6) is 0.511. The zero-order valence-corrected chi connectivity index (χ0v) is 21.3. The first-order valence-corrected chi connectivity index (χ1v) is 12.9. The van der Waals surface area contributed by atoms with Crippen LogP contribution in [0, 0.1) is 0 Å². The van der Waals surface area contributed by atoms with Crippen LogP contribution in [0.15, 0.2) is 66.0 Å². The van der Waals surface area contributed by atoms with Crippen molar-refractivity contribution in [2.24, 2.45) is 0 Å². The summed E-state index contributed by atoms with van der Waals surface area (Å²) in [6, 6.07) is 18.6. The number of fused-ring (bicyclic) bond motifs is 1. The van der Waals surface area contributed by atoms with E-state index in [9.17, 15) is 9.59 Å². The Morgan fingerprint density at radius 1 is 1.11 bits per heavy atom. The van der Waals surface area contributed by atoms with E-state index in [1.165, 1.54) is 4.88 Å². The second kappa shape index (κ2) is 12.2. The van der Waals surface area contributed by atoms with Crippen LogP contribution in [-0.4, -0.2) is 61.6 Å². The minimum Gasteiger partial charge on any atom is -0.491 e. The van der Waals surface area contributed by atoms with Crippen LogP contribution in [0.1, 0.15) is 22.0 Å². The van der Waals surface area contributed by atoms with E-state index in [1.54, 1.807) is 35.5 Å². The van der Waals surface area contributed by atoms with Gasteiger partial charge in [-0.2, -0.15) is 0 Å². The summed E-state index contributed by atoms with van der Waals surface area (Å²) in [5.41, 5.74) is 2.03. The van der Waals surface area contributed by atoms with Crippen LogP contribution in [0.5, 0.6) is 5.75 Å². The van der Waals surface area contributed by atoms with Crippen molar-refractivity contribution in [2.75, 3.05) is 40.0 Å². The van der Waals surface area contributed by atoms with Gasteiger partial charge < -0.3 is 19.3 Å². The molecule has 1 aromatic heterocycles. The van der Waals surface area contributed by atoms with Crippen molar-refractivity contribution in [3.63, 3.8) is 0 Å². The Morgan fingerprint density at radius 2 is 1.89 bits per heavy atom. The van der Waals surface area contributed by atoms with Gasteiger partial charge in [-0.25, -0.2) is 0 Å². The number of halogens is 1. The summed E-state index contributed by atoms with van der Waals surface area (Å²) in [6.07, 6.45) is 1.04. The lowest BCUT2D eigenvalue weighted by Gasteiger charge is -2.37. The van der Waals surface area contributed by atoms with Crippen molar-refractivity contribution < 1.29 is 19.1 Å². The molecule has 1 aliphatic heterocycles. The fourth-order valence-electron chi connectivity index (χ4n) is 4.21. The number of amides is 2. The SMILES string of the molecule is COCCN(CC(=O)N1CCc2sccc2C1COc1ccc(Cl)cc1)C(=O)Cc1ccccc1. The van der Waals surface area contributed by atoms with E-state index in [2.05, 4.69) is 11.4 Å². The van der Waals surface area contributed by atoms with Crippen molar-refractivity contribution in [2.45, 2.75) is 18.9 Å². The molecule has 0 N–H and O–H groups in total. The number of carbonyl (C=O) groups excluding carboxylic acids is 2.